The van der Waals surface area contributed by atoms with E-state index < -0.39 is 0 Å². The SMILES string of the molecule is C=CC[n+]1c(N)nc(N)n1-c1ccccc1. The lowest BCUT2D eigenvalue weighted by atomic mass is 10.3. The zero-order valence-corrected chi connectivity index (χ0v) is 8.87. The van der Waals surface area contributed by atoms with Gasteiger partial charge in [-0.25, -0.2) is 0 Å². The Hall–Kier alpha value is -2.30. The van der Waals surface area contributed by atoms with E-state index >= 15 is 0 Å². The van der Waals surface area contributed by atoms with Crippen molar-refractivity contribution >= 4 is 11.9 Å². The van der Waals surface area contributed by atoms with Crippen molar-refractivity contribution in [3.63, 3.8) is 0 Å². The molecule has 16 heavy (non-hydrogen) atoms. The molecule has 0 radical (unpaired) electrons. The lowest BCUT2D eigenvalue weighted by Gasteiger charge is -2.05. The standard InChI is InChI=1S/C11H13N5/c1-2-8-15-10(12)14-11(13)16(15)9-6-4-3-5-7-9/h2-7H,1,8H2,(H3,12,13,14)/p+1. The number of aromatic nitrogens is 3. The van der Waals surface area contributed by atoms with E-state index in [0.717, 1.165) is 5.69 Å². The molecule has 0 spiro atoms. The van der Waals surface area contributed by atoms with Gasteiger partial charge in [0.1, 0.15) is 6.54 Å². The Labute approximate surface area is 93.6 Å². The molecule has 5 heteroatoms. The van der Waals surface area contributed by atoms with Crippen LogP contribution >= 0.6 is 0 Å². The lowest BCUT2D eigenvalue weighted by molar-refractivity contribution is -0.744. The smallest absolute Gasteiger partial charge is 0.353 e. The molecule has 82 valence electrons. The van der Waals surface area contributed by atoms with E-state index in [2.05, 4.69) is 11.6 Å². The van der Waals surface area contributed by atoms with Gasteiger partial charge in [0.25, 0.3) is 0 Å². The van der Waals surface area contributed by atoms with Crippen LogP contribution in [0.3, 0.4) is 0 Å². The molecule has 0 aliphatic rings. The summed E-state index contributed by atoms with van der Waals surface area (Å²) >= 11 is 0. The number of nitrogens with zero attached hydrogens (tertiary/aromatic N) is 3. The molecule has 1 heterocycles. The molecular formula is C11H14N5+. The summed E-state index contributed by atoms with van der Waals surface area (Å²) in [5, 5.41) is 0. The summed E-state index contributed by atoms with van der Waals surface area (Å²) in [5.41, 5.74) is 12.5. The highest BCUT2D eigenvalue weighted by Gasteiger charge is 2.18. The molecule has 0 aliphatic carbocycles. The van der Waals surface area contributed by atoms with Crippen LogP contribution in [0, 0.1) is 0 Å². The number of hydrogen-bond acceptors (Lipinski definition) is 3. The molecular weight excluding hydrogens is 202 g/mol. The van der Waals surface area contributed by atoms with Gasteiger partial charge in [0.05, 0.1) is 5.69 Å². The summed E-state index contributed by atoms with van der Waals surface area (Å²) in [6.45, 7) is 4.24. The first-order valence-corrected chi connectivity index (χ1v) is 4.94. The molecule has 5 nitrogen and oxygen atoms in total. The summed E-state index contributed by atoms with van der Waals surface area (Å²) in [6, 6.07) is 9.69. The van der Waals surface area contributed by atoms with Gasteiger partial charge in [-0.2, -0.15) is 4.68 Å². The topological polar surface area (TPSA) is 73.7 Å². The maximum atomic E-state index is 5.82. The van der Waals surface area contributed by atoms with E-state index in [9.17, 15) is 0 Å². The first kappa shape index (κ1) is 10.2. The van der Waals surface area contributed by atoms with Crippen LogP contribution in [0.25, 0.3) is 5.69 Å². The quantitative estimate of drug-likeness (QED) is 0.580. The van der Waals surface area contributed by atoms with Crippen LogP contribution in [0.1, 0.15) is 0 Å². The van der Waals surface area contributed by atoms with Crippen LogP contribution in [-0.2, 0) is 6.54 Å². The normalized spacial score (nSPS) is 10.2. The molecule has 0 saturated carbocycles. The van der Waals surface area contributed by atoms with Gasteiger partial charge < -0.3 is 5.73 Å². The first-order valence-electron chi connectivity index (χ1n) is 4.94. The van der Waals surface area contributed by atoms with Crippen LogP contribution in [0.4, 0.5) is 11.9 Å². The predicted molar refractivity (Wildman–Crippen MR) is 62.8 cm³/mol. The van der Waals surface area contributed by atoms with Crippen molar-refractivity contribution < 1.29 is 4.68 Å². The Kier molecular flexibility index (Phi) is 2.59. The maximum Gasteiger partial charge on any atom is 0.411 e. The Morgan fingerprint density at radius 1 is 1.31 bits per heavy atom. The Morgan fingerprint density at radius 3 is 2.62 bits per heavy atom. The second-order valence-corrected chi connectivity index (χ2v) is 3.35. The Bertz CT molecular complexity index is 501. The lowest BCUT2D eigenvalue weighted by Crippen LogP contribution is -2.44. The van der Waals surface area contributed by atoms with E-state index in [1.807, 2.05) is 30.3 Å². The van der Waals surface area contributed by atoms with Crippen LogP contribution < -0.4 is 16.1 Å². The molecule has 0 atom stereocenters. The third-order valence-corrected chi connectivity index (χ3v) is 2.25. The highest BCUT2D eigenvalue weighted by Crippen LogP contribution is 2.10. The molecule has 0 fully saturated rings. The largest absolute Gasteiger partial charge is 0.411 e. The summed E-state index contributed by atoms with van der Waals surface area (Å²) in [6.07, 6.45) is 1.75. The molecule has 2 rings (SSSR count). The van der Waals surface area contributed by atoms with Crippen molar-refractivity contribution in [2.45, 2.75) is 6.54 Å². The minimum absolute atomic E-state index is 0.366. The molecule has 0 aliphatic heterocycles. The van der Waals surface area contributed by atoms with Gasteiger partial charge in [-0.05, 0) is 17.1 Å². The Balaban J connectivity index is 2.59. The van der Waals surface area contributed by atoms with Crippen LogP contribution in [0.2, 0.25) is 0 Å². The van der Waals surface area contributed by atoms with Gasteiger partial charge in [0.15, 0.2) is 0 Å². The van der Waals surface area contributed by atoms with E-state index in [1.165, 1.54) is 0 Å². The number of benzene rings is 1. The zero-order valence-electron chi connectivity index (χ0n) is 8.87. The van der Waals surface area contributed by atoms with E-state index in [4.69, 9.17) is 11.5 Å². The molecule has 1 aromatic carbocycles. The second kappa shape index (κ2) is 4.06. The molecule has 4 N–H and O–H groups in total. The zero-order chi connectivity index (χ0) is 11.5. The van der Waals surface area contributed by atoms with E-state index in [-0.39, 0.29) is 0 Å². The number of nitrogens with two attached hydrogens (primary N) is 2. The molecule has 2 aromatic rings. The van der Waals surface area contributed by atoms with Crippen LogP contribution in [-0.4, -0.2) is 9.67 Å². The second-order valence-electron chi connectivity index (χ2n) is 3.35. The minimum Gasteiger partial charge on any atom is -0.353 e. The predicted octanol–water partition coefficient (Wildman–Crippen LogP) is 0.510. The third-order valence-electron chi connectivity index (χ3n) is 2.25. The summed E-state index contributed by atoms with van der Waals surface area (Å²) < 4.78 is 3.52. The highest BCUT2D eigenvalue weighted by atomic mass is 15.5. The van der Waals surface area contributed by atoms with E-state index in [1.54, 1.807) is 15.4 Å². The Morgan fingerprint density at radius 2 is 2.00 bits per heavy atom. The van der Waals surface area contributed by atoms with Crippen molar-refractivity contribution in [2.75, 3.05) is 11.5 Å². The molecule has 0 bridgehead atoms. The van der Waals surface area contributed by atoms with Crippen molar-refractivity contribution in [3.05, 3.63) is 43.0 Å². The summed E-state index contributed by atoms with van der Waals surface area (Å²) in [5.74, 6) is 0.742. The van der Waals surface area contributed by atoms with Gasteiger partial charge in [-0.15, -0.1) is 4.68 Å². The van der Waals surface area contributed by atoms with E-state index in [0.29, 0.717) is 18.4 Å². The van der Waals surface area contributed by atoms with Crippen molar-refractivity contribution in [3.8, 4) is 5.69 Å². The third kappa shape index (κ3) is 1.63. The number of anilines is 2. The number of para-hydroxylation sites is 1. The first-order chi connectivity index (χ1) is 7.74. The van der Waals surface area contributed by atoms with Crippen molar-refractivity contribution in [1.82, 2.24) is 9.67 Å². The monoisotopic (exact) mass is 216 g/mol. The summed E-state index contributed by atoms with van der Waals surface area (Å²) in [4.78, 5) is 4.04. The average molecular weight is 216 g/mol. The molecule has 0 saturated heterocycles. The van der Waals surface area contributed by atoms with Crippen molar-refractivity contribution in [1.29, 1.82) is 0 Å². The van der Waals surface area contributed by atoms with Gasteiger partial charge in [-0.3, -0.25) is 5.73 Å². The average Bonchev–Trinajstić information content (AvgIpc) is 2.56. The molecule has 0 unspecified atom stereocenters. The minimum atomic E-state index is 0.366. The van der Waals surface area contributed by atoms with Crippen LogP contribution in [0.5, 0.6) is 0 Å². The fourth-order valence-electron chi connectivity index (χ4n) is 1.59. The van der Waals surface area contributed by atoms with Gasteiger partial charge in [0.2, 0.25) is 0 Å². The van der Waals surface area contributed by atoms with Gasteiger partial charge >= 0.3 is 11.9 Å². The highest BCUT2D eigenvalue weighted by molar-refractivity contribution is 5.37. The number of nitrogen functional groups attached to an aromatic ring is 2. The van der Waals surface area contributed by atoms with Crippen molar-refractivity contribution in [2.24, 2.45) is 0 Å². The van der Waals surface area contributed by atoms with Crippen LogP contribution in [0.15, 0.2) is 43.0 Å². The fourth-order valence-corrected chi connectivity index (χ4v) is 1.59. The maximum absolute atomic E-state index is 5.82. The fraction of sp³-hybridized carbons (Fsp3) is 0.0909. The molecule has 1 aromatic heterocycles. The van der Waals surface area contributed by atoms with Gasteiger partial charge in [-0.1, -0.05) is 30.9 Å². The number of rotatable bonds is 3. The summed E-state index contributed by atoms with van der Waals surface area (Å²) in [7, 11) is 0. The number of allylic oxidation sites excluding steroid dienone is 1. The number of hydrogen-bond donors (Lipinski definition) is 2. The van der Waals surface area contributed by atoms with Gasteiger partial charge in [0, 0.05) is 0 Å². The molecule has 0 amide bonds.